The predicted octanol–water partition coefficient (Wildman–Crippen LogP) is 6.03. The topological polar surface area (TPSA) is 100 Å². The summed E-state index contributed by atoms with van der Waals surface area (Å²) in [4.78, 5) is 29.6. The Morgan fingerprint density at radius 3 is 2.03 bits per heavy atom. The molecule has 31 heavy (non-hydrogen) atoms. The fourth-order valence-electron chi connectivity index (χ4n) is 2.49. The van der Waals surface area contributed by atoms with Crippen LogP contribution in [0.25, 0.3) is 20.4 Å². The minimum atomic E-state index is -0.761. The molecule has 0 radical (unpaired) electrons. The third-order valence-corrected chi connectivity index (χ3v) is 8.30. The second-order valence-electron chi connectivity index (χ2n) is 6.33. The minimum absolute atomic E-state index is 0.180. The van der Waals surface area contributed by atoms with Crippen LogP contribution in [0.2, 0.25) is 0 Å². The van der Waals surface area contributed by atoms with Crippen LogP contribution in [-0.4, -0.2) is 43.6 Å². The Bertz CT molecular complexity index is 1160. The number of fused-ring (bicyclic) bond motifs is 2. The maximum atomic E-state index is 10.4. The summed E-state index contributed by atoms with van der Waals surface area (Å²) in [6, 6.07) is 14.0. The Kier molecular flexibility index (Phi) is 8.70. The van der Waals surface area contributed by atoms with Crippen molar-refractivity contribution in [2.24, 2.45) is 0 Å². The van der Waals surface area contributed by atoms with E-state index in [4.69, 9.17) is 10.2 Å². The smallest absolute Gasteiger partial charge is 0.304 e. The molecule has 6 nitrogen and oxygen atoms in total. The van der Waals surface area contributed by atoms with Gasteiger partial charge in [0.05, 0.1) is 33.3 Å². The highest BCUT2D eigenvalue weighted by Gasteiger charge is 2.07. The summed E-state index contributed by atoms with van der Waals surface area (Å²) >= 11 is 6.24. The van der Waals surface area contributed by atoms with E-state index in [1.807, 2.05) is 49.4 Å². The van der Waals surface area contributed by atoms with Gasteiger partial charge in [-0.05, 0) is 30.7 Å². The lowest BCUT2D eigenvalue weighted by atomic mass is 10.2. The number of para-hydroxylation sites is 2. The molecule has 0 aliphatic heterocycles. The van der Waals surface area contributed by atoms with Crippen LogP contribution in [0.1, 0.15) is 18.4 Å². The van der Waals surface area contributed by atoms with E-state index in [2.05, 4.69) is 9.97 Å². The zero-order chi connectivity index (χ0) is 22.2. The van der Waals surface area contributed by atoms with Crippen LogP contribution in [0.5, 0.6) is 0 Å². The van der Waals surface area contributed by atoms with Crippen molar-refractivity contribution >= 4 is 78.6 Å². The van der Waals surface area contributed by atoms with E-state index in [1.165, 1.54) is 29.1 Å². The highest BCUT2D eigenvalue weighted by Crippen LogP contribution is 2.31. The molecule has 0 spiro atoms. The predicted molar refractivity (Wildman–Crippen MR) is 130 cm³/mol. The van der Waals surface area contributed by atoms with Gasteiger partial charge in [-0.15, -0.1) is 22.7 Å². The average Bonchev–Trinajstić information content (AvgIpc) is 3.32. The zero-order valence-electron chi connectivity index (χ0n) is 16.6. The van der Waals surface area contributed by atoms with Gasteiger partial charge in [0.1, 0.15) is 0 Å². The van der Waals surface area contributed by atoms with Crippen LogP contribution in [0.3, 0.4) is 0 Å². The molecule has 0 saturated heterocycles. The van der Waals surface area contributed by atoms with Crippen LogP contribution >= 0.6 is 46.2 Å². The van der Waals surface area contributed by atoms with Gasteiger partial charge in [0.15, 0.2) is 8.68 Å². The average molecular weight is 493 g/mol. The van der Waals surface area contributed by atoms with E-state index in [0.29, 0.717) is 11.5 Å². The van der Waals surface area contributed by atoms with E-state index in [9.17, 15) is 9.59 Å². The standard InChI is InChI=1S/C11H11NO2S2.C10H9NO2S2/c1-7-3-2-4-8-10(7)12-11(16-8)15-6-5-9(13)14;12-9(13)5-6-14-10-11-7-3-1-2-4-8(7)15-10/h2-4H,5-6H2,1H3,(H,13,14);1-4H,5-6H2,(H,12,13). The molecule has 2 heterocycles. The first kappa shape index (κ1) is 23.5. The molecule has 2 aromatic heterocycles. The molecule has 10 heteroatoms. The SMILES string of the molecule is Cc1cccc2sc(SCCC(=O)O)nc12.O=C(O)CCSc1nc2ccccc2s1. The summed E-state index contributed by atoms with van der Waals surface area (Å²) < 4.78 is 4.20. The molecule has 2 aromatic carbocycles. The Morgan fingerprint density at radius 2 is 1.42 bits per heavy atom. The summed E-state index contributed by atoms with van der Waals surface area (Å²) in [7, 11) is 0. The van der Waals surface area contributed by atoms with Gasteiger partial charge in [0, 0.05) is 11.5 Å². The quantitative estimate of drug-likeness (QED) is 0.287. The molecule has 0 saturated carbocycles. The number of benzene rings is 2. The number of thiazole rings is 2. The molecule has 4 aromatic rings. The van der Waals surface area contributed by atoms with Crippen molar-refractivity contribution in [3.8, 4) is 0 Å². The fourth-order valence-corrected chi connectivity index (χ4v) is 6.70. The Labute approximate surface area is 195 Å². The molecule has 0 atom stereocenters. The highest BCUT2D eigenvalue weighted by molar-refractivity contribution is 8.01. The minimum Gasteiger partial charge on any atom is -0.481 e. The first-order valence-corrected chi connectivity index (χ1v) is 12.9. The molecule has 162 valence electrons. The van der Waals surface area contributed by atoms with E-state index < -0.39 is 11.9 Å². The number of aryl methyl sites for hydroxylation is 1. The number of hydrogen-bond donors (Lipinski definition) is 2. The first-order chi connectivity index (χ1) is 14.9. The number of rotatable bonds is 8. The van der Waals surface area contributed by atoms with E-state index in [-0.39, 0.29) is 12.8 Å². The monoisotopic (exact) mass is 492 g/mol. The highest BCUT2D eigenvalue weighted by atomic mass is 32.2. The number of carbonyl (C=O) groups is 2. The van der Waals surface area contributed by atoms with Crippen molar-refractivity contribution in [2.75, 3.05) is 11.5 Å². The van der Waals surface area contributed by atoms with Crippen molar-refractivity contribution in [2.45, 2.75) is 28.4 Å². The normalized spacial score (nSPS) is 10.7. The molecule has 4 rings (SSSR count). The lowest BCUT2D eigenvalue weighted by molar-refractivity contribution is -0.137. The van der Waals surface area contributed by atoms with Crippen LogP contribution in [0, 0.1) is 6.92 Å². The fraction of sp³-hybridized carbons (Fsp3) is 0.238. The van der Waals surface area contributed by atoms with Crippen LogP contribution < -0.4 is 0 Å². The van der Waals surface area contributed by atoms with E-state index in [0.717, 1.165) is 29.1 Å². The molecule has 0 aliphatic carbocycles. The number of aliphatic carboxylic acids is 2. The van der Waals surface area contributed by atoms with Gasteiger partial charge in [-0.1, -0.05) is 47.8 Å². The third-order valence-electron chi connectivity index (χ3n) is 3.96. The lowest BCUT2D eigenvalue weighted by Gasteiger charge is -1.92. The van der Waals surface area contributed by atoms with E-state index >= 15 is 0 Å². The number of carboxylic acids is 2. The first-order valence-electron chi connectivity index (χ1n) is 9.33. The second kappa shape index (κ2) is 11.5. The van der Waals surface area contributed by atoms with Crippen LogP contribution in [0.15, 0.2) is 51.1 Å². The molecular formula is C21H20N2O4S4. The number of nitrogens with zero attached hydrogens (tertiary/aromatic N) is 2. The van der Waals surface area contributed by atoms with Gasteiger partial charge in [-0.2, -0.15) is 0 Å². The van der Waals surface area contributed by atoms with Crippen molar-refractivity contribution < 1.29 is 19.8 Å². The molecule has 0 aliphatic rings. The van der Waals surface area contributed by atoms with Crippen molar-refractivity contribution in [3.63, 3.8) is 0 Å². The molecular weight excluding hydrogens is 473 g/mol. The Balaban J connectivity index is 0.000000176. The largest absolute Gasteiger partial charge is 0.481 e. The van der Waals surface area contributed by atoms with Gasteiger partial charge in [-0.25, -0.2) is 9.97 Å². The Morgan fingerprint density at radius 1 is 0.839 bits per heavy atom. The van der Waals surface area contributed by atoms with Crippen molar-refractivity contribution in [1.29, 1.82) is 0 Å². The molecule has 0 unspecified atom stereocenters. The lowest BCUT2D eigenvalue weighted by Crippen LogP contribution is -1.95. The van der Waals surface area contributed by atoms with Gasteiger partial charge in [-0.3, -0.25) is 9.59 Å². The molecule has 0 amide bonds. The Hall–Kier alpha value is -2.14. The van der Waals surface area contributed by atoms with Gasteiger partial charge in [0.2, 0.25) is 0 Å². The van der Waals surface area contributed by atoms with Gasteiger partial charge < -0.3 is 10.2 Å². The zero-order valence-corrected chi connectivity index (χ0v) is 19.9. The van der Waals surface area contributed by atoms with Gasteiger partial charge >= 0.3 is 11.9 Å². The van der Waals surface area contributed by atoms with Gasteiger partial charge in [0.25, 0.3) is 0 Å². The third kappa shape index (κ3) is 7.20. The number of thioether (sulfide) groups is 2. The van der Waals surface area contributed by atoms with E-state index in [1.54, 1.807) is 22.7 Å². The van der Waals surface area contributed by atoms with Crippen LogP contribution in [0.4, 0.5) is 0 Å². The maximum absolute atomic E-state index is 10.4. The summed E-state index contributed by atoms with van der Waals surface area (Å²) in [6.07, 6.45) is 0.361. The number of aromatic nitrogens is 2. The summed E-state index contributed by atoms with van der Waals surface area (Å²) in [6.45, 7) is 2.04. The molecule has 0 fully saturated rings. The number of hydrogen-bond acceptors (Lipinski definition) is 8. The van der Waals surface area contributed by atoms with Crippen molar-refractivity contribution in [3.05, 3.63) is 48.0 Å². The molecule has 0 bridgehead atoms. The second-order valence-corrected chi connectivity index (χ2v) is 11.1. The van der Waals surface area contributed by atoms with Crippen LogP contribution in [-0.2, 0) is 9.59 Å². The maximum Gasteiger partial charge on any atom is 0.304 e. The summed E-state index contributed by atoms with van der Waals surface area (Å²) in [5.74, 6) is -0.364. The molecule has 2 N–H and O–H groups in total. The summed E-state index contributed by atoms with van der Waals surface area (Å²) in [5.41, 5.74) is 3.18. The van der Waals surface area contributed by atoms with Crippen molar-refractivity contribution in [1.82, 2.24) is 9.97 Å². The number of carboxylic acid groups (broad SMARTS) is 2. The summed E-state index contributed by atoms with van der Waals surface area (Å²) in [5, 5.41) is 17.0.